The SMILES string of the molecule is Cc1cc2c(-c3ccc4c(c3C)CCCO4)c([C@H](OC(C)(C)C)C(=O)O)c(C)nc2s1. The molecule has 0 amide bonds. The third-order valence-electron chi connectivity index (χ3n) is 5.64. The van der Waals surface area contributed by atoms with Crippen LogP contribution in [0.5, 0.6) is 5.75 Å². The Balaban J connectivity index is 2.06. The van der Waals surface area contributed by atoms with Crippen molar-refractivity contribution in [2.45, 2.75) is 66.1 Å². The fraction of sp³-hybridized carbons (Fsp3) is 0.440. The van der Waals surface area contributed by atoms with Gasteiger partial charge in [0.15, 0.2) is 6.10 Å². The molecule has 1 aliphatic rings. The second-order valence-electron chi connectivity index (χ2n) is 9.18. The topological polar surface area (TPSA) is 68.7 Å². The molecule has 1 N–H and O–H groups in total. The molecule has 0 aliphatic carbocycles. The summed E-state index contributed by atoms with van der Waals surface area (Å²) in [6.45, 7) is 12.4. The highest BCUT2D eigenvalue weighted by atomic mass is 32.1. The lowest BCUT2D eigenvalue weighted by atomic mass is 9.87. The van der Waals surface area contributed by atoms with Crippen LogP contribution in [0.3, 0.4) is 0 Å². The lowest BCUT2D eigenvalue weighted by Crippen LogP contribution is -2.28. The van der Waals surface area contributed by atoms with Crippen LogP contribution in [0.4, 0.5) is 0 Å². The van der Waals surface area contributed by atoms with E-state index in [1.54, 1.807) is 11.3 Å². The van der Waals surface area contributed by atoms with Gasteiger partial charge in [-0.25, -0.2) is 9.78 Å². The Labute approximate surface area is 187 Å². The zero-order chi connectivity index (χ0) is 22.5. The lowest BCUT2D eigenvalue weighted by molar-refractivity contribution is -0.160. The molecule has 3 aromatic rings. The molecule has 5 nitrogen and oxygen atoms in total. The van der Waals surface area contributed by atoms with Crippen molar-refractivity contribution < 1.29 is 19.4 Å². The van der Waals surface area contributed by atoms with E-state index < -0.39 is 17.7 Å². The van der Waals surface area contributed by atoms with E-state index in [9.17, 15) is 9.90 Å². The monoisotopic (exact) mass is 439 g/mol. The summed E-state index contributed by atoms with van der Waals surface area (Å²) in [5, 5.41) is 11.1. The minimum atomic E-state index is -1.11. The molecular formula is C25H29NO4S. The summed E-state index contributed by atoms with van der Waals surface area (Å²) >= 11 is 1.63. The maximum absolute atomic E-state index is 12.4. The molecule has 0 unspecified atom stereocenters. The molecule has 1 aromatic carbocycles. The average Bonchev–Trinajstić information content (AvgIpc) is 3.05. The molecule has 1 aliphatic heterocycles. The third kappa shape index (κ3) is 4.06. The van der Waals surface area contributed by atoms with Crippen molar-refractivity contribution in [3.63, 3.8) is 0 Å². The number of pyridine rings is 1. The van der Waals surface area contributed by atoms with Crippen LogP contribution in [0.1, 0.15) is 60.6 Å². The van der Waals surface area contributed by atoms with E-state index in [1.807, 2.05) is 33.8 Å². The standard InChI is InChI=1S/C25H29NO4S/c1-13-12-18-21(17-9-10-19-16(14(17)2)8-7-11-29-19)20(15(3)26-23(18)31-13)22(24(27)28)30-25(4,5)6/h9-10,12,22H,7-8,11H2,1-6H3,(H,27,28)/t22-/m0/s1. The third-order valence-corrected chi connectivity index (χ3v) is 6.59. The van der Waals surface area contributed by atoms with Gasteiger partial charge in [0.2, 0.25) is 0 Å². The molecule has 0 radical (unpaired) electrons. The first-order valence-corrected chi connectivity index (χ1v) is 11.5. The number of aryl methyl sites for hydroxylation is 2. The fourth-order valence-corrected chi connectivity index (χ4v) is 5.32. The zero-order valence-electron chi connectivity index (χ0n) is 19.0. The highest BCUT2D eigenvalue weighted by Gasteiger charge is 2.33. The number of carbonyl (C=O) groups is 1. The van der Waals surface area contributed by atoms with Crippen LogP contribution >= 0.6 is 11.3 Å². The van der Waals surface area contributed by atoms with Crippen LogP contribution in [0.25, 0.3) is 21.3 Å². The molecule has 0 bridgehead atoms. The van der Waals surface area contributed by atoms with Gasteiger partial charge in [-0.05, 0) is 83.2 Å². The highest BCUT2D eigenvalue weighted by Crippen LogP contribution is 2.44. The summed E-state index contributed by atoms with van der Waals surface area (Å²) < 4.78 is 11.9. The van der Waals surface area contributed by atoms with E-state index in [4.69, 9.17) is 14.5 Å². The maximum Gasteiger partial charge on any atom is 0.337 e. The number of carboxylic acid groups (broad SMARTS) is 1. The number of carboxylic acids is 1. The number of nitrogens with zero attached hydrogens (tertiary/aromatic N) is 1. The Morgan fingerprint density at radius 3 is 2.68 bits per heavy atom. The highest BCUT2D eigenvalue weighted by molar-refractivity contribution is 7.18. The molecule has 31 heavy (non-hydrogen) atoms. The van der Waals surface area contributed by atoms with Crippen LogP contribution in [0, 0.1) is 20.8 Å². The minimum Gasteiger partial charge on any atom is -0.493 e. The minimum absolute atomic E-state index is 0.620. The number of ether oxygens (including phenoxy) is 2. The molecule has 0 fully saturated rings. The summed E-state index contributed by atoms with van der Waals surface area (Å²) in [5.74, 6) is -0.0791. The molecular weight excluding hydrogens is 410 g/mol. The number of thiophene rings is 1. The zero-order valence-corrected chi connectivity index (χ0v) is 19.8. The Kier molecular flexibility index (Phi) is 5.56. The molecule has 6 heteroatoms. The van der Waals surface area contributed by atoms with Gasteiger partial charge in [-0.1, -0.05) is 6.07 Å². The van der Waals surface area contributed by atoms with Crippen molar-refractivity contribution in [2.24, 2.45) is 0 Å². The molecule has 0 saturated carbocycles. The van der Waals surface area contributed by atoms with E-state index in [0.717, 1.165) is 57.0 Å². The van der Waals surface area contributed by atoms with Gasteiger partial charge in [0.1, 0.15) is 10.6 Å². The Morgan fingerprint density at radius 2 is 2.00 bits per heavy atom. The quantitative estimate of drug-likeness (QED) is 0.528. The van der Waals surface area contributed by atoms with E-state index in [2.05, 4.69) is 26.0 Å². The second kappa shape index (κ2) is 7.92. The molecule has 1 atom stereocenters. The van der Waals surface area contributed by atoms with E-state index >= 15 is 0 Å². The van der Waals surface area contributed by atoms with Gasteiger partial charge in [0, 0.05) is 27.1 Å². The summed E-state index contributed by atoms with van der Waals surface area (Å²) in [5.41, 5.74) is 4.97. The van der Waals surface area contributed by atoms with Crippen molar-refractivity contribution in [1.29, 1.82) is 0 Å². The van der Waals surface area contributed by atoms with Crippen molar-refractivity contribution in [3.8, 4) is 16.9 Å². The van der Waals surface area contributed by atoms with Crippen molar-refractivity contribution >= 4 is 27.5 Å². The first-order chi connectivity index (χ1) is 14.6. The van der Waals surface area contributed by atoms with Gasteiger partial charge in [-0.3, -0.25) is 0 Å². The molecule has 164 valence electrons. The normalized spacial score (nSPS) is 14.9. The largest absolute Gasteiger partial charge is 0.493 e. The number of hydrogen-bond acceptors (Lipinski definition) is 5. The summed E-state index contributed by atoms with van der Waals surface area (Å²) in [6, 6.07) is 6.18. The number of benzene rings is 1. The van der Waals surface area contributed by atoms with Gasteiger partial charge < -0.3 is 14.6 Å². The van der Waals surface area contributed by atoms with Gasteiger partial charge in [0.05, 0.1) is 12.2 Å². The van der Waals surface area contributed by atoms with Gasteiger partial charge in [-0.2, -0.15) is 0 Å². The Morgan fingerprint density at radius 1 is 1.26 bits per heavy atom. The van der Waals surface area contributed by atoms with Gasteiger partial charge in [-0.15, -0.1) is 11.3 Å². The summed E-state index contributed by atoms with van der Waals surface area (Å²) in [4.78, 5) is 19.2. The van der Waals surface area contributed by atoms with Gasteiger partial charge >= 0.3 is 5.97 Å². The first-order valence-electron chi connectivity index (χ1n) is 10.6. The number of aromatic nitrogens is 1. The fourth-order valence-electron chi connectivity index (χ4n) is 4.38. The van der Waals surface area contributed by atoms with Crippen LogP contribution in [0.15, 0.2) is 18.2 Å². The molecule has 3 heterocycles. The first kappa shape index (κ1) is 21.8. The number of fused-ring (bicyclic) bond motifs is 2. The van der Waals surface area contributed by atoms with Crippen LogP contribution < -0.4 is 4.74 Å². The number of aliphatic carboxylic acids is 1. The number of rotatable bonds is 4. The molecule has 0 spiro atoms. The maximum atomic E-state index is 12.4. The van der Waals surface area contributed by atoms with Crippen molar-refractivity contribution in [1.82, 2.24) is 4.98 Å². The van der Waals surface area contributed by atoms with Crippen LogP contribution in [0.2, 0.25) is 0 Å². The van der Waals surface area contributed by atoms with Crippen molar-refractivity contribution in [2.75, 3.05) is 6.61 Å². The van der Waals surface area contributed by atoms with E-state index in [0.29, 0.717) is 11.3 Å². The van der Waals surface area contributed by atoms with Crippen LogP contribution in [-0.4, -0.2) is 28.3 Å². The van der Waals surface area contributed by atoms with E-state index in [1.165, 1.54) is 5.56 Å². The Hall–Kier alpha value is -2.44. The summed E-state index contributed by atoms with van der Waals surface area (Å²) in [7, 11) is 0. The Bertz CT molecular complexity index is 1170. The predicted molar refractivity (Wildman–Crippen MR) is 124 cm³/mol. The predicted octanol–water partition coefficient (Wildman–Crippen LogP) is 6.15. The lowest BCUT2D eigenvalue weighted by Gasteiger charge is -2.28. The smallest absolute Gasteiger partial charge is 0.337 e. The average molecular weight is 440 g/mol. The molecule has 4 rings (SSSR count). The number of hydrogen-bond donors (Lipinski definition) is 1. The summed E-state index contributed by atoms with van der Waals surface area (Å²) in [6.07, 6.45) is 0.831. The molecule has 2 aromatic heterocycles. The van der Waals surface area contributed by atoms with Gasteiger partial charge in [0.25, 0.3) is 0 Å². The van der Waals surface area contributed by atoms with Crippen molar-refractivity contribution in [3.05, 3.63) is 45.5 Å². The second-order valence-corrected chi connectivity index (χ2v) is 10.4. The molecule has 0 saturated heterocycles. The van der Waals surface area contributed by atoms with Crippen LogP contribution in [-0.2, 0) is 16.0 Å². The van der Waals surface area contributed by atoms with E-state index in [-0.39, 0.29) is 0 Å².